The van der Waals surface area contributed by atoms with Crippen molar-refractivity contribution in [1.29, 1.82) is 0 Å². The molecular formula is C16H31N3O2. The number of carbonyl (C=O) groups excluding carboxylic acids is 1. The third kappa shape index (κ3) is 5.15. The number of piperidine rings is 1. The summed E-state index contributed by atoms with van der Waals surface area (Å²) in [5.41, 5.74) is 5.39. The molecule has 2 aliphatic heterocycles. The summed E-state index contributed by atoms with van der Waals surface area (Å²) < 4.78 is 5.45. The largest absolute Gasteiger partial charge is 0.444 e. The lowest BCUT2D eigenvalue weighted by molar-refractivity contribution is 0.0283. The molecule has 2 fully saturated rings. The lowest BCUT2D eigenvalue weighted by Crippen LogP contribution is -2.41. The highest BCUT2D eigenvalue weighted by Gasteiger charge is 2.31. The molecule has 2 atom stereocenters. The zero-order chi connectivity index (χ0) is 15.5. The average Bonchev–Trinajstić information content (AvgIpc) is 2.85. The molecule has 0 aromatic heterocycles. The van der Waals surface area contributed by atoms with Crippen LogP contribution in [0.1, 0.15) is 40.0 Å². The Morgan fingerprint density at radius 1 is 1.19 bits per heavy atom. The van der Waals surface area contributed by atoms with Gasteiger partial charge in [0.2, 0.25) is 0 Å². The van der Waals surface area contributed by atoms with Crippen molar-refractivity contribution in [2.45, 2.75) is 45.6 Å². The van der Waals surface area contributed by atoms with Crippen LogP contribution in [-0.2, 0) is 4.74 Å². The number of hydrogen-bond acceptors (Lipinski definition) is 4. The van der Waals surface area contributed by atoms with E-state index < -0.39 is 5.60 Å². The van der Waals surface area contributed by atoms with Gasteiger partial charge in [-0.15, -0.1) is 0 Å². The van der Waals surface area contributed by atoms with Crippen molar-refractivity contribution >= 4 is 6.09 Å². The molecule has 0 saturated carbocycles. The first-order chi connectivity index (χ1) is 9.87. The fourth-order valence-electron chi connectivity index (χ4n) is 3.35. The summed E-state index contributed by atoms with van der Waals surface area (Å²) in [4.78, 5) is 16.5. The van der Waals surface area contributed by atoms with Crippen molar-refractivity contribution < 1.29 is 9.53 Å². The van der Waals surface area contributed by atoms with E-state index in [1.165, 1.54) is 19.4 Å². The van der Waals surface area contributed by atoms with E-state index in [9.17, 15) is 4.79 Å². The molecule has 2 unspecified atom stereocenters. The van der Waals surface area contributed by atoms with Crippen LogP contribution in [-0.4, -0.2) is 60.8 Å². The molecule has 1 amide bonds. The van der Waals surface area contributed by atoms with Gasteiger partial charge in [-0.1, -0.05) is 0 Å². The molecule has 2 heterocycles. The van der Waals surface area contributed by atoms with Gasteiger partial charge < -0.3 is 20.3 Å². The average molecular weight is 297 g/mol. The lowest BCUT2D eigenvalue weighted by atomic mass is 9.97. The van der Waals surface area contributed by atoms with Crippen molar-refractivity contribution in [3.63, 3.8) is 0 Å². The number of likely N-dealkylation sites (tertiary alicyclic amines) is 2. The van der Waals surface area contributed by atoms with E-state index in [-0.39, 0.29) is 6.09 Å². The topological polar surface area (TPSA) is 58.8 Å². The Kier molecular flexibility index (Phi) is 5.49. The quantitative estimate of drug-likeness (QED) is 0.864. The molecule has 5 heteroatoms. The first kappa shape index (κ1) is 16.6. The van der Waals surface area contributed by atoms with Crippen LogP contribution in [0.5, 0.6) is 0 Å². The van der Waals surface area contributed by atoms with Gasteiger partial charge in [-0.25, -0.2) is 4.79 Å². The summed E-state index contributed by atoms with van der Waals surface area (Å²) in [6, 6.07) is 0. The zero-order valence-corrected chi connectivity index (χ0v) is 13.8. The van der Waals surface area contributed by atoms with Crippen LogP contribution in [0, 0.1) is 11.8 Å². The highest BCUT2D eigenvalue weighted by Crippen LogP contribution is 2.23. The number of nitrogens with two attached hydrogens (primary N) is 1. The molecule has 122 valence electrons. The van der Waals surface area contributed by atoms with Gasteiger partial charge >= 0.3 is 6.09 Å². The molecule has 2 N–H and O–H groups in total. The number of carbonyl (C=O) groups is 1. The van der Waals surface area contributed by atoms with Crippen LogP contribution in [0.15, 0.2) is 0 Å². The Hall–Kier alpha value is -0.810. The zero-order valence-electron chi connectivity index (χ0n) is 13.8. The first-order valence-electron chi connectivity index (χ1n) is 8.27. The van der Waals surface area contributed by atoms with E-state index >= 15 is 0 Å². The highest BCUT2D eigenvalue weighted by atomic mass is 16.6. The Morgan fingerprint density at radius 3 is 2.62 bits per heavy atom. The van der Waals surface area contributed by atoms with E-state index in [1.807, 2.05) is 25.7 Å². The van der Waals surface area contributed by atoms with E-state index in [0.717, 1.165) is 39.1 Å². The number of hydrogen-bond donors (Lipinski definition) is 1. The van der Waals surface area contributed by atoms with Crippen LogP contribution in [0.3, 0.4) is 0 Å². The Balaban J connectivity index is 1.76. The fraction of sp³-hybridized carbons (Fsp3) is 0.938. The summed E-state index contributed by atoms with van der Waals surface area (Å²) in [6.45, 7) is 11.6. The monoisotopic (exact) mass is 297 g/mol. The van der Waals surface area contributed by atoms with Gasteiger partial charge in [-0.3, -0.25) is 0 Å². The number of rotatable bonds is 3. The summed E-state index contributed by atoms with van der Waals surface area (Å²) in [5.74, 6) is 1.23. The summed E-state index contributed by atoms with van der Waals surface area (Å²) in [6.07, 6.45) is 3.44. The van der Waals surface area contributed by atoms with Crippen LogP contribution in [0.2, 0.25) is 0 Å². The van der Waals surface area contributed by atoms with Gasteiger partial charge in [0.25, 0.3) is 0 Å². The third-order valence-electron chi connectivity index (χ3n) is 4.39. The third-order valence-corrected chi connectivity index (χ3v) is 4.39. The SMILES string of the molecule is CC(C)(C)OC(=O)N1CCC(CN2CCCC(CN)C2)C1. The maximum Gasteiger partial charge on any atom is 0.410 e. The van der Waals surface area contributed by atoms with E-state index in [2.05, 4.69) is 4.90 Å². The number of ether oxygens (including phenoxy) is 1. The van der Waals surface area contributed by atoms with E-state index in [0.29, 0.717) is 11.8 Å². The maximum absolute atomic E-state index is 12.1. The first-order valence-corrected chi connectivity index (χ1v) is 8.27. The Labute approximate surface area is 128 Å². The van der Waals surface area contributed by atoms with Gasteiger partial charge in [0.15, 0.2) is 0 Å². The van der Waals surface area contributed by atoms with Crippen molar-refractivity contribution in [2.24, 2.45) is 17.6 Å². The predicted octanol–water partition coefficient (Wildman–Crippen LogP) is 1.91. The predicted molar refractivity (Wildman–Crippen MR) is 84.1 cm³/mol. The van der Waals surface area contributed by atoms with Gasteiger partial charge in [-0.05, 0) is 65.0 Å². The summed E-state index contributed by atoms with van der Waals surface area (Å²) in [5, 5.41) is 0. The van der Waals surface area contributed by atoms with Crippen molar-refractivity contribution in [2.75, 3.05) is 39.3 Å². The second-order valence-corrected chi connectivity index (χ2v) is 7.58. The van der Waals surface area contributed by atoms with Gasteiger partial charge in [-0.2, -0.15) is 0 Å². The molecule has 0 bridgehead atoms. The lowest BCUT2D eigenvalue weighted by Gasteiger charge is -2.33. The van der Waals surface area contributed by atoms with Crippen LogP contribution in [0.4, 0.5) is 4.79 Å². The summed E-state index contributed by atoms with van der Waals surface area (Å²) in [7, 11) is 0. The molecule has 0 aliphatic carbocycles. The molecule has 5 nitrogen and oxygen atoms in total. The van der Waals surface area contributed by atoms with E-state index in [1.54, 1.807) is 0 Å². The molecule has 21 heavy (non-hydrogen) atoms. The van der Waals surface area contributed by atoms with E-state index in [4.69, 9.17) is 10.5 Å². The Bertz CT molecular complexity index is 354. The minimum Gasteiger partial charge on any atom is -0.444 e. The summed E-state index contributed by atoms with van der Waals surface area (Å²) >= 11 is 0. The second-order valence-electron chi connectivity index (χ2n) is 7.58. The minimum absolute atomic E-state index is 0.163. The molecule has 0 spiro atoms. The smallest absolute Gasteiger partial charge is 0.410 e. The highest BCUT2D eigenvalue weighted by molar-refractivity contribution is 5.68. The minimum atomic E-state index is -0.406. The molecule has 0 radical (unpaired) electrons. The van der Waals surface area contributed by atoms with Crippen molar-refractivity contribution in [3.8, 4) is 0 Å². The van der Waals surface area contributed by atoms with Crippen LogP contribution < -0.4 is 5.73 Å². The normalized spacial score (nSPS) is 27.9. The van der Waals surface area contributed by atoms with Gasteiger partial charge in [0.1, 0.15) is 5.60 Å². The molecule has 0 aromatic rings. The molecule has 0 aromatic carbocycles. The van der Waals surface area contributed by atoms with Crippen LogP contribution in [0.25, 0.3) is 0 Å². The number of nitrogens with zero attached hydrogens (tertiary/aromatic N) is 2. The molecular weight excluding hydrogens is 266 g/mol. The van der Waals surface area contributed by atoms with Crippen molar-refractivity contribution in [3.05, 3.63) is 0 Å². The molecule has 2 aliphatic rings. The van der Waals surface area contributed by atoms with Gasteiger partial charge in [0, 0.05) is 26.2 Å². The maximum atomic E-state index is 12.1. The number of amides is 1. The standard InChI is InChI=1S/C16H31N3O2/c1-16(2,3)21-15(20)19-8-6-14(12-19)11-18-7-4-5-13(9-17)10-18/h13-14H,4-12,17H2,1-3H3. The second kappa shape index (κ2) is 6.97. The van der Waals surface area contributed by atoms with Crippen LogP contribution >= 0.6 is 0 Å². The molecule has 2 saturated heterocycles. The van der Waals surface area contributed by atoms with Crippen molar-refractivity contribution in [1.82, 2.24) is 9.80 Å². The molecule has 2 rings (SSSR count). The fourth-order valence-corrected chi connectivity index (χ4v) is 3.35. The van der Waals surface area contributed by atoms with Gasteiger partial charge in [0.05, 0.1) is 0 Å². The Morgan fingerprint density at radius 2 is 1.95 bits per heavy atom.